The molecule has 0 aliphatic heterocycles. The molecule has 0 bridgehead atoms. The van der Waals surface area contributed by atoms with Gasteiger partial charge in [0.05, 0.1) is 4.47 Å². The molecule has 0 saturated carbocycles. The molecule has 0 spiro atoms. The summed E-state index contributed by atoms with van der Waals surface area (Å²) in [5.74, 6) is -0.805. The highest BCUT2D eigenvalue weighted by Gasteiger charge is 2.10. The first-order valence-electron chi connectivity index (χ1n) is 4.13. The zero-order chi connectivity index (χ0) is 11.4. The molecule has 0 aromatic heterocycles. The lowest BCUT2D eigenvalue weighted by atomic mass is 10.3. The Morgan fingerprint density at radius 2 is 2.27 bits per heavy atom. The van der Waals surface area contributed by atoms with Crippen molar-refractivity contribution < 1.29 is 13.9 Å². The summed E-state index contributed by atoms with van der Waals surface area (Å²) in [5, 5.41) is 0. The van der Waals surface area contributed by atoms with Gasteiger partial charge in [-0.1, -0.05) is 0 Å². The van der Waals surface area contributed by atoms with Crippen molar-refractivity contribution in [2.75, 3.05) is 6.61 Å². The van der Waals surface area contributed by atoms with E-state index in [2.05, 4.69) is 15.9 Å². The van der Waals surface area contributed by atoms with Crippen LogP contribution in [0.4, 0.5) is 4.39 Å². The van der Waals surface area contributed by atoms with Crippen LogP contribution in [-0.2, 0) is 4.79 Å². The lowest BCUT2D eigenvalue weighted by Gasteiger charge is -2.10. The average Bonchev–Trinajstić information content (AvgIpc) is 2.19. The number of hydrogen-bond donors (Lipinski definition) is 2. The van der Waals surface area contributed by atoms with E-state index in [0.717, 1.165) is 0 Å². The number of ether oxygens (including phenoxy) is 1. The van der Waals surface area contributed by atoms with E-state index in [4.69, 9.17) is 16.2 Å². The third-order valence-corrected chi connectivity index (χ3v) is 2.33. The number of amides is 1. The quantitative estimate of drug-likeness (QED) is 0.853. The second kappa shape index (κ2) is 5.09. The molecule has 15 heavy (non-hydrogen) atoms. The van der Waals surface area contributed by atoms with Crippen molar-refractivity contribution in [3.63, 3.8) is 0 Å². The Labute approximate surface area is 94.5 Å². The van der Waals surface area contributed by atoms with Crippen molar-refractivity contribution in [1.82, 2.24) is 0 Å². The van der Waals surface area contributed by atoms with Crippen molar-refractivity contribution in [2.45, 2.75) is 6.04 Å². The maximum atomic E-state index is 13.0. The summed E-state index contributed by atoms with van der Waals surface area (Å²) in [6.07, 6.45) is 0. The van der Waals surface area contributed by atoms with Crippen LogP contribution in [0.5, 0.6) is 5.75 Å². The molecule has 0 fully saturated rings. The molecule has 82 valence electrons. The molecule has 1 atom stereocenters. The minimum absolute atomic E-state index is 0.0730. The van der Waals surface area contributed by atoms with E-state index in [1.54, 1.807) is 6.07 Å². The SMILES string of the molecule is NC(=O)C(N)COc1ccc(Br)c(F)c1. The van der Waals surface area contributed by atoms with Crippen molar-refractivity contribution in [2.24, 2.45) is 11.5 Å². The van der Waals surface area contributed by atoms with Crippen LogP contribution in [0.15, 0.2) is 22.7 Å². The second-order valence-corrected chi connectivity index (χ2v) is 3.75. The number of carbonyl (C=O) groups excluding carboxylic acids is 1. The standard InChI is InChI=1S/C9H10BrFN2O2/c10-6-2-1-5(3-7(6)11)15-4-8(12)9(13)14/h1-3,8H,4,12H2,(H2,13,14). The molecule has 0 aliphatic rings. The van der Waals surface area contributed by atoms with Crippen molar-refractivity contribution in [3.8, 4) is 5.75 Å². The van der Waals surface area contributed by atoms with Crippen molar-refractivity contribution in [1.29, 1.82) is 0 Å². The Morgan fingerprint density at radius 3 is 2.80 bits per heavy atom. The highest BCUT2D eigenvalue weighted by atomic mass is 79.9. The summed E-state index contributed by atoms with van der Waals surface area (Å²) in [6.45, 7) is -0.0730. The van der Waals surface area contributed by atoms with Gasteiger partial charge in [0.15, 0.2) is 0 Å². The van der Waals surface area contributed by atoms with Crippen LogP contribution in [0, 0.1) is 5.82 Å². The third kappa shape index (κ3) is 3.49. The van der Waals surface area contributed by atoms with Gasteiger partial charge in [-0.15, -0.1) is 0 Å². The molecule has 1 rings (SSSR count). The van der Waals surface area contributed by atoms with Gasteiger partial charge in [0.2, 0.25) is 5.91 Å². The van der Waals surface area contributed by atoms with Crippen molar-refractivity contribution in [3.05, 3.63) is 28.5 Å². The van der Waals surface area contributed by atoms with Crippen LogP contribution >= 0.6 is 15.9 Å². The molecule has 1 unspecified atom stereocenters. The number of nitrogens with two attached hydrogens (primary N) is 2. The molecule has 0 aliphatic carbocycles. The summed E-state index contributed by atoms with van der Waals surface area (Å²) < 4.78 is 18.4. The zero-order valence-electron chi connectivity index (χ0n) is 7.74. The van der Waals surface area contributed by atoms with Gasteiger partial charge in [-0.2, -0.15) is 0 Å². The molecular formula is C9H10BrFN2O2. The molecule has 1 aromatic rings. The number of carbonyl (C=O) groups is 1. The number of primary amides is 1. The van der Waals surface area contributed by atoms with Crippen LogP contribution < -0.4 is 16.2 Å². The van der Waals surface area contributed by atoms with E-state index < -0.39 is 17.8 Å². The second-order valence-electron chi connectivity index (χ2n) is 2.90. The van der Waals surface area contributed by atoms with Crippen LogP contribution in [0.2, 0.25) is 0 Å². The minimum Gasteiger partial charge on any atom is -0.491 e. The lowest BCUT2D eigenvalue weighted by molar-refractivity contribution is -0.119. The summed E-state index contributed by atoms with van der Waals surface area (Å²) in [5.41, 5.74) is 10.3. The fourth-order valence-corrected chi connectivity index (χ4v) is 1.08. The zero-order valence-corrected chi connectivity index (χ0v) is 9.33. The van der Waals surface area contributed by atoms with Gasteiger partial charge in [0.1, 0.15) is 24.2 Å². The first-order valence-corrected chi connectivity index (χ1v) is 4.92. The maximum absolute atomic E-state index is 13.0. The van der Waals surface area contributed by atoms with Crippen molar-refractivity contribution >= 4 is 21.8 Å². The van der Waals surface area contributed by atoms with E-state index in [9.17, 15) is 9.18 Å². The predicted molar refractivity (Wildman–Crippen MR) is 56.8 cm³/mol. The summed E-state index contributed by atoms with van der Waals surface area (Å²) in [4.78, 5) is 10.6. The Hall–Kier alpha value is -1.14. The van der Waals surface area contributed by atoms with Gasteiger partial charge in [-0.3, -0.25) is 4.79 Å². The lowest BCUT2D eigenvalue weighted by Crippen LogP contribution is -2.41. The maximum Gasteiger partial charge on any atom is 0.237 e. The monoisotopic (exact) mass is 276 g/mol. The number of benzene rings is 1. The first-order chi connectivity index (χ1) is 7.00. The van der Waals surface area contributed by atoms with Gasteiger partial charge in [0.25, 0.3) is 0 Å². The molecule has 4 N–H and O–H groups in total. The van der Waals surface area contributed by atoms with Gasteiger partial charge in [-0.25, -0.2) is 4.39 Å². The van der Waals surface area contributed by atoms with E-state index in [0.29, 0.717) is 10.2 Å². The number of halogens is 2. The fraction of sp³-hybridized carbons (Fsp3) is 0.222. The topological polar surface area (TPSA) is 78.3 Å². The highest BCUT2D eigenvalue weighted by Crippen LogP contribution is 2.20. The first kappa shape index (κ1) is 11.9. The Bertz CT molecular complexity index is 373. The molecule has 0 heterocycles. The molecule has 1 amide bonds. The fourth-order valence-electron chi connectivity index (χ4n) is 0.835. The third-order valence-electron chi connectivity index (χ3n) is 1.69. The number of hydrogen-bond acceptors (Lipinski definition) is 3. The van der Waals surface area contributed by atoms with Crippen LogP contribution in [0.3, 0.4) is 0 Å². The molecule has 0 radical (unpaired) electrons. The average molecular weight is 277 g/mol. The Morgan fingerprint density at radius 1 is 1.60 bits per heavy atom. The van der Waals surface area contributed by atoms with Gasteiger partial charge >= 0.3 is 0 Å². The largest absolute Gasteiger partial charge is 0.491 e. The summed E-state index contributed by atoms with van der Waals surface area (Å²) >= 11 is 3.00. The smallest absolute Gasteiger partial charge is 0.237 e. The van der Waals surface area contributed by atoms with Crippen LogP contribution in [-0.4, -0.2) is 18.6 Å². The predicted octanol–water partition coefficient (Wildman–Crippen LogP) is 0.780. The Kier molecular flexibility index (Phi) is 4.05. The van der Waals surface area contributed by atoms with E-state index in [1.807, 2.05) is 0 Å². The van der Waals surface area contributed by atoms with Crippen LogP contribution in [0.25, 0.3) is 0 Å². The number of rotatable bonds is 4. The van der Waals surface area contributed by atoms with Crippen LogP contribution in [0.1, 0.15) is 0 Å². The van der Waals surface area contributed by atoms with E-state index >= 15 is 0 Å². The molecular weight excluding hydrogens is 267 g/mol. The molecule has 0 saturated heterocycles. The van der Waals surface area contributed by atoms with Gasteiger partial charge in [0, 0.05) is 6.07 Å². The summed E-state index contributed by atoms with van der Waals surface area (Å²) in [6, 6.07) is 3.36. The molecule has 1 aromatic carbocycles. The molecule has 6 heteroatoms. The van der Waals surface area contributed by atoms with E-state index in [-0.39, 0.29) is 6.61 Å². The minimum atomic E-state index is -0.892. The van der Waals surface area contributed by atoms with Gasteiger partial charge in [-0.05, 0) is 28.1 Å². The van der Waals surface area contributed by atoms with Gasteiger partial charge < -0.3 is 16.2 Å². The van der Waals surface area contributed by atoms with E-state index in [1.165, 1.54) is 12.1 Å². The normalized spacial score (nSPS) is 12.2. The molecule has 4 nitrogen and oxygen atoms in total. The summed E-state index contributed by atoms with van der Waals surface area (Å²) in [7, 11) is 0. The highest BCUT2D eigenvalue weighted by molar-refractivity contribution is 9.10. The Balaban J connectivity index is 2.58.